The second-order valence-electron chi connectivity index (χ2n) is 2.64. The zero-order valence-corrected chi connectivity index (χ0v) is 6.45. The van der Waals surface area contributed by atoms with Crippen molar-refractivity contribution in [2.24, 2.45) is 5.92 Å². The molecule has 0 bridgehead atoms. The Morgan fingerprint density at radius 1 is 1.73 bits per heavy atom. The van der Waals surface area contributed by atoms with E-state index in [9.17, 15) is 9.59 Å². The largest absolute Gasteiger partial charge is 0.453 e. The summed E-state index contributed by atoms with van der Waals surface area (Å²) in [5, 5.41) is 0. The fourth-order valence-electron chi connectivity index (χ4n) is 1.13. The van der Waals surface area contributed by atoms with Crippen LogP contribution in [0, 0.1) is 5.92 Å². The molecule has 1 aliphatic heterocycles. The van der Waals surface area contributed by atoms with Crippen LogP contribution in [0.15, 0.2) is 0 Å². The van der Waals surface area contributed by atoms with Crippen molar-refractivity contribution in [3.63, 3.8) is 0 Å². The van der Waals surface area contributed by atoms with Gasteiger partial charge < -0.3 is 14.4 Å². The SMILES string of the molecule is COC(=O)N1CC(CC=O)C1. The molecule has 0 aromatic heterocycles. The van der Waals surface area contributed by atoms with Crippen molar-refractivity contribution in [2.45, 2.75) is 6.42 Å². The minimum absolute atomic E-state index is 0.299. The van der Waals surface area contributed by atoms with Crippen molar-refractivity contribution >= 4 is 12.4 Å². The van der Waals surface area contributed by atoms with Gasteiger partial charge in [-0.2, -0.15) is 0 Å². The molecule has 4 nitrogen and oxygen atoms in total. The number of ether oxygens (including phenoxy) is 1. The summed E-state index contributed by atoms with van der Waals surface area (Å²) in [7, 11) is 1.36. The summed E-state index contributed by atoms with van der Waals surface area (Å²) in [5.74, 6) is 0.353. The van der Waals surface area contributed by atoms with E-state index in [-0.39, 0.29) is 6.09 Å². The molecule has 0 unspecified atom stereocenters. The van der Waals surface area contributed by atoms with Gasteiger partial charge in [0, 0.05) is 25.4 Å². The van der Waals surface area contributed by atoms with Gasteiger partial charge in [0.2, 0.25) is 0 Å². The Kier molecular flexibility index (Phi) is 2.46. The van der Waals surface area contributed by atoms with Gasteiger partial charge in [-0.1, -0.05) is 0 Å². The number of rotatable bonds is 2. The van der Waals surface area contributed by atoms with E-state index in [0.29, 0.717) is 25.4 Å². The molecule has 0 aromatic carbocycles. The molecule has 0 N–H and O–H groups in total. The molecule has 1 aliphatic rings. The van der Waals surface area contributed by atoms with Gasteiger partial charge in [0.25, 0.3) is 0 Å². The van der Waals surface area contributed by atoms with E-state index >= 15 is 0 Å². The predicted octanol–water partition coefficient (Wildman–Crippen LogP) is 0.274. The minimum Gasteiger partial charge on any atom is -0.453 e. The lowest BCUT2D eigenvalue weighted by molar-refractivity contribution is -0.109. The number of methoxy groups -OCH3 is 1. The van der Waals surface area contributed by atoms with Crippen LogP contribution < -0.4 is 0 Å². The minimum atomic E-state index is -0.299. The molecule has 0 radical (unpaired) electrons. The van der Waals surface area contributed by atoms with Gasteiger partial charge in [0.05, 0.1) is 7.11 Å². The van der Waals surface area contributed by atoms with Gasteiger partial charge in [0.1, 0.15) is 6.29 Å². The standard InChI is InChI=1S/C7H11NO3/c1-11-7(10)8-4-6(5-8)2-3-9/h3,6H,2,4-5H2,1H3. The first kappa shape index (κ1) is 8.04. The van der Waals surface area contributed by atoms with E-state index in [1.54, 1.807) is 4.90 Å². The highest BCUT2D eigenvalue weighted by Gasteiger charge is 2.30. The summed E-state index contributed by atoms with van der Waals surface area (Å²) in [5.41, 5.74) is 0. The number of nitrogens with zero attached hydrogens (tertiary/aromatic N) is 1. The molecule has 0 saturated carbocycles. The topological polar surface area (TPSA) is 46.6 Å². The first-order chi connectivity index (χ1) is 5.27. The lowest BCUT2D eigenvalue weighted by atomic mass is 9.98. The monoisotopic (exact) mass is 157 g/mol. The molecular formula is C7H11NO3. The van der Waals surface area contributed by atoms with E-state index in [1.165, 1.54) is 7.11 Å². The second kappa shape index (κ2) is 3.37. The van der Waals surface area contributed by atoms with Crippen LogP contribution in [0.3, 0.4) is 0 Å². The maximum absolute atomic E-state index is 10.8. The third kappa shape index (κ3) is 1.69. The zero-order chi connectivity index (χ0) is 8.27. The van der Waals surface area contributed by atoms with Crippen molar-refractivity contribution in [1.82, 2.24) is 4.90 Å². The van der Waals surface area contributed by atoms with Gasteiger partial charge in [-0.05, 0) is 0 Å². The smallest absolute Gasteiger partial charge is 0.409 e. The lowest BCUT2D eigenvalue weighted by Gasteiger charge is -2.36. The van der Waals surface area contributed by atoms with Crippen molar-refractivity contribution in [3.8, 4) is 0 Å². The third-order valence-electron chi connectivity index (χ3n) is 1.82. The number of amides is 1. The lowest BCUT2D eigenvalue weighted by Crippen LogP contribution is -2.49. The fraction of sp³-hybridized carbons (Fsp3) is 0.714. The molecular weight excluding hydrogens is 146 g/mol. The normalized spacial score (nSPS) is 17.4. The number of carbonyl (C=O) groups is 2. The summed E-state index contributed by atoms with van der Waals surface area (Å²) >= 11 is 0. The molecule has 62 valence electrons. The summed E-state index contributed by atoms with van der Waals surface area (Å²) in [4.78, 5) is 22.4. The summed E-state index contributed by atoms with van der Waals surface area (Å²) < 4.78 is 4.48. The van der Waals surface area contributed by atoms with Gasteiger partial charge in [-0.25, -0.2) is 4.79 Å². The summed E-state index contributed by atoms with van der Waals surface area (Å²) in [6.45, 7) is 1.32. The molecule has 4 heteroatoms. The highest BCUT2D eigenvalue weighted by molar-refractivity contribution is 5.68. The highest BCUT2D eigenvalue weighted by Crippen LogP contribution is 2.18. The van der Waals surface area contributed by atoms with E-state index < -0.39 is 0 Å². The van der Waals surface area contributed by atoms with Crippen LogP contribution in [0.2, 0.25) is 0 Å². The van der Waals surface area contributed by atoms with Crippen LogP contribution in [0.1, 0.15) is 6.42 Å². The number of aldehydes is 1. The number of hydrogen-bond donors (Lipinski definition) is 0. The summed E-state index contributed by atoms with van der Waals surface area (Å²) in [6, 6.07) is 0. The van der Waals surface area contributed by atoms with Crippen molar-refractivity contribution < 1.29 is 14.3 Å². The van der Waals surface area contributed by atoms with Crippen LogP contribution in [0.25, 0.3) is 0 Å². The van der Waals surface area contributed by atoms with E-state index in [2.05, 4.69) is 4.74 Å². The molecule has 0 aliphatic carbocycles. The Labute approximate surface area is 65.1 Å². The van der Waals surface area contributed by atoms with Crippen molar-refractivity contribution in [1.29, 1.82) is 0 Å². The van der Waals surface area contributed by atoms with Gasteiger partial charge in [0.15, 0.2) is 0 Å². The molecule has 0 spiro atoms. The van der Waals surface area contributed by atoms with Crippen molar-refractivity contribution in [3.05, 3.63) is 0 Å². The van der Waals surface area contributed by atoms with Crippen LogP contribution in [-0.4, -0.2) is 37.5 Å². The predicted molar refractivity (Wildman–Crippen MR) is 38.1 cm³/mol. The van der Waals surface area contributed by atoms with Crippen LogP contribution >= 0.6 is 0 Å². The van der Waals surface area contributed by atoms with E-state index in [4.69, 9.17) is 0 Å². The van der Waals surface area contributed by atoms with Crippen molar-refractivity contribution in [2.75, 3.05) is 20.2 Å². The fourth-order valence-corrected chi connectivity index (χ4v) is 1.13. The summed E-state index contributed by atoms with van der Waals surface area (Å²) in [6.07, 6.45) is 1.14. The number of hydrogen-bond acceptors (Lipinski definition) is 3. The quantitative estimate of drug-likeness (QED) is 0.540. The van der Waals surface area contributed by atoms with E-state index in [0.717, 1.165) is 6.29 Å². The zero-order valence-electron chi connectivity index (χ0n) is 6.45. The third-order valence-corrected chi connectivity index (χ3v) is 1.82. The Morgan fingerprint density at radius 3 is 2.82 bits per heavy atom. The van der Waals surface area contributed by atoms with Gasteiger partial charge in [-0.15, -0.1) is 0 Å². The number of carbonyl (C=O) groups excluding carboxylic acids is 2. The molecule has 1 heterocycles. The molecule has 1 amide bonds. The number of likely N-dealkylation sites (tertiary alicyclic amines) is 1. The Morgan fingerprint density at radius 2 is 2.36 bits per heavy atom. The molecule has 0 aromatic rings. The second-order valence-corrected chi connectivity index (χ2v) is 2.64. The molecule has 1 rings (SSSR count). The molecule has 0 atom stereocenters. The van der Waals surface area contributed by atoms with Crippen LogP contribution in [0.5, 0.6) is 0 Å². The molecule has 1 fully saturated rings. The Hall–Kier alpha value is -1.06. The van der Waals surface area contributed by atoms with Crippen LogP contribution in [-0.2, 0) is 9.53 Å². The van der Waals surface area contributed by atoms with E-state index in [1.807, 2.05) is 0 Å². The maximum Gasteiger partial charge on any atom is 0.409 e. The maximum atomic E-state index is 10.8. The highest BCUT2D eigenvalue weighted by atomic mass is 16.5. The average molecular weight is 157 g/mol. The first-order valence-electron chi connectivity index (χ1n) is 3.54. The Bertz CT molecular complexity index is 163. The molecule has 11 heavy (non-hydrogen) atoms. The average Bonchev–Trinajstić information content (AvgIpc) is 1.94. The van der Waals surface area contributed by atoms with Gasteiger partial charge in [-0.3, -0.25) is 0 Å². The molecule has 1 saturated heterocycles. The Balaban J connectivity index is 2.18. The first-order valence-corrected chi connectivity index (χ1v) is 3.54. The van der Waals surface area contributed by atoms with Gasteiger partial charge >= 0.3 is 6.09 Å². The van der Waals surface area contributed by atoms with Crippen LogP contribution in [0.4, 0.5) is 4.79 Å².